The van der Waals surface area contributed by atoms with E-state index < -0.39 is 0 Å². The number of hydrogen-bond acceptors (Lipinski definition) is 2. The summed E-state index contributed by atoms with van der Waals surface area (Å²) in [6.45, 7) is 3.91. The number of nitriles is 1. The highest BCUT2D eigenvalue weighted by Gasteiger charge is 2.19. The predicted octanol–water partition coefficient (Wildman–Crippen LogP) is 4.93. The van der Waals surface area contributed by atoms with Crippen LogP contribution in [-0.4, -0.2) is 17.8 Å². The molecule has 0 saturated heterocycles. The fourth-order valence-corrected chi connectivity index (χ4v) is 2.46. The number of amidine groups is 1. The maximum Gasteiger partial charge on any atom is 0.207 e. The molecule has 0 amide bonds. The highest BCUT2D eigenvalue weighted by molar-refractivity contribution is 6.48. The van der Waals surface area contributed by atoms with E-state index in [2.05, 4.69) is 4.99 Å². The Hall–Kier alpha value is -0.950. The zero-order chi connectivity index (χ0) is 14.6. The molecule has 0 saturated carbocycles. The largest absolute Gasteiger partial charge is 0.356 e. The summed E-state index contributed by atoms with van der Waals surface area (Å²) < 4.78 is 0. The standard InChI is InChI=1S/C13H14Cl3N3/c1-4-11(18-7-17)19(3)8(2)9-5-6-10(14)13(16)12(9)15/h5-6,8H,4H2,1-3H3. The van der Waals surface area contributed by atoms with Crippen molar-refractivity contribution in [2.75, 3.05) is 7.05 Å². The van der Waals surface area contributed by atoms with E-state index in [4.69, 9.17) is 40.1 Å². The van der Waals surface area contributed by atoms with Crippen LogP contribution in [0, 0.1) is 11.5 Å². The molecule has 102 valence electrons. The number of hydrogen-bond donors (Lipinski definition) is 0. The molecule has 1 atom stereocenters. The van der Waals surface area contributed by atoms with Crippen LogP contribution >= 0.6 is 34.8 Å². The molecule has 1 unspecified atom stereocenters. The van der Waals surface area contributed by atoms with Crippen molar-refractivity contribution in [3.8, 4) is 6.19 Å². The minimum absolute atomic E-state index is 0.0608. The van der Waals surface area contributed by atoms with Crippen LogP contribution in [0.1, 0.15) is 31.9 Å². The second-order valence-electron chi connectivity index (χ2n) is 4.03. The Balaban J connectivity index is 3.14. The smallest absolute Gasteiger partial charge is 0.207 e. The molecular weight excluding hydrogens is 305 g/mol. The second-order valence-corrected chi connectivity index (χ2v) is 5.20. The van der Waals surface area contributed by atoms with E-state index in [9.17, 15) is 0 Å². The van der Waals surface area contributed by atoms with Gasteiger partial charge in [-0.05, 0) is 18.6 Å². The average Bonchev–Trinajstić information content (AvgIpc) is 2.41. The maximum absolute atomic E-state index is 8.68. The van der Waals surface area contributed by atoms with Crippen LogP contribution in [0.4, 0.5) is 0 Å². The number of aliphatic imine (C=N–C) groups is 1. The topological polar surface area (TPSA) is 39.4 Å². The third-order valence-corrected chi connectivity index (χ3v) is 4.31. The van der Waals surface area contributed by atoms with Crippen molar-refractivity contribution < 1.29 is 0 Å². The Morgan fingerprint density at radius 3 is 2.53 bits per heavy atom. The lowest BCUT2D eigenvalue weighted by Crippen LogP contribution is -2.29. The van der Waals surface area contributed by atoms with Crippen molar-refractivity contribution in [2.24, 2.45) is 4.99 Å². The van der Waals surface area contributed by atoms with E-state index in [1.807, 2.05) is 38.1 Å². The molecule has 0 aromatic heterocycles. The van der Waals surface area contributed by atoms with E-state index in [1.54, 1.807) is 6.07 Å². The first-order valence-corrected chi connectivity index (χ1v) is 6.89. The average molecular weight is 319 g/mol. The second kappa shape index (κ2) is 7.00. The van der Waals surface area contributed by atoms with Gasteiger partial charge in [0.25, 0.3) is 0 Å². The Kier molecular flexibility index (Phi) is 5.93. The van der Waals surface area contributed by atoms with Crippen LogP contribution in [-0.2, 0) is 0 Å². The Morgan fingerprint density at radius 2 is 2.00 bits per heavy atom. The highest BCUT2D eigenvalue weighted by atomic mass is 35.5. The van der Waals surface area contributed by atoms with Gasteiger partial charge >= 0.3 is 0 Å². The summed E-state index contributed by atoms with van der Waals surface area (Å²) in [5.74, 6) is 0.692. The van der Waals surface area contributed by atoms with E-state index >= 15 is 0 Å². The monoisotopic (exact) mass is 317 g/mol. The molecule has 3 nitrogen and oxygen atoms in total. The minimum Gasteiger partial charge on any atom is -0.356 e. The molecule has 19 heavy (non-hydrogen) atoms. The lowest BCUT2D eigenvalue weighted by atomic mass is 10.1. The summed E-state index contributed by atoms with van der Waals surface area (Å²) in [7, 11) is 1.86. The quantitative estimate of drug-likeness (QED) is 0.343. The fraction of sp³-hybridized carbons (Fsp3) is 0.385. The number of rotatable bonds is 3. The van der Waals surface area contributed by atoms with E-state index in [-0.39, 0.29) is 6.04 Å². The van der Waals surface area contributed by atoms with Gasteiger partial charge in [-0.15, -0.1) is 0 Å². The Labute approximate surface area is 128 Å². The van der Waals surface area contributed by atoms with Crippen LogP contribution in [0.5, 0.6) is 0 Å². The van der Waals surface area contributed by atoms with E-state index in [0.29, 0.717) is 27.3 Å². The molecule has 0 fully saturated rings. The third kappa shape index (κ3) is 3.54. The van der Waals surface area contributed by atoms with E-state index in [0.717, 1.165) is 5.56 Å². The first kappa shape index (κ1) is 16.1. The van der Waals surface area contributed by atoms with Crippen molar-refractivity contribution in [1.29, 1.82) is 5.26 Å². The number of nitrogens with zero attached hydrogens (tertiary/aromatic N) is 3. The minimum atomic E-state index is -0.0608. The summed E-state index contributed by atoms with van der Waals surface area (Å²) in [6, 6.07) is 3.48. The molecule has 6 heteroatoms. The van der Waals surface area contributed by atoms with Gasteiger partial charge in [0.2, 0.25) is 6.19 Å². The van der Waals surface area contributed by atoms with Crippen molar-refractivity contribution in [3.63, 3.8) is 0 Å². The van der Waals surface area contributed by atoms with Crippen molar-refractivity contribution in [2.45, 2.75) is 26.3 Å². The van der Waals surface area contributed by atoms with Crippen LogP contribution < -0.4 is 0 Å². The van der Waals surface area contributed by atoms with Crippen molar-refractivity contribution in [1.82, 2.24) is 4.90 Å². The first-order valence-electron chi connectivity index (χ1n) is 5.75. The Morgan fingerprint density at radius 1 is 1.37 bits per heavy atom. The molecule has 0 spiro atoms. The molecular formula is C13H14Cl3N3. The van der Waals surface area contributed by atoms with Gasteiger partial charge in [-0.25, -0.2) is 0 Å². The molecule has 1 rings (SSSR count). The highest BCUT2D eigenvalue weighted by Crippen LogP contribution is 2.36. The SMILES string of the molecule is CCC(=NC#N)N(C)C(C)c1ccc(Cl)c(Cl)c1Cl. The van der Waals surface area contributed by atoms with E-state index in [1.165, 1.54) is 0 Å². The molecule has 1 aromatic carbocycles. The normalized spacial score (nSPS) is 13.0. The van der Waals surface area contributed by atoms with Gasteiger partial charge in [0.05, 0.1) is 21.1 Å². The van der Waals surface area contributed by atoms with Gasteiger partial charge in [0, 0.05) is 13.5 Å². The zero-order valence-electron chi connectivity index (χ0n) is 10.9. The maximum atomic E-state index is 8.68. The first-order chi connectivity index (χ1) is 8.93. The van der Waals surface area contributed by atoms with Gasteiger partial charge in [-0.3, -0.25) is 0 Å². The molecule has 0 N–H and O–H groups in total. The molecule has 1 aromatic rings. The van der Waals surface area contributed by atoms with Crippen molar-refractivity contribution >= 4 is 40.6 Å². The number of benzene rings is 1. The fourth-order valence-electron chi connectivity index (χ4n) is 1.76. The van der Waals surface area contributed by atoms with Gasteiger partial charge in [-0.2, -0.15) is 10.3 Å². The summed E-state index contributed by atoms with van der Waals surface area (Å²) in [6.07, 6.45) is 2.47. The summed E-state index contributed by atoms with van der Waals surface area (Å²) >= 11 is 18.2. The summed E-state index contributed by atoms with van der Waals surface area (Å²) in [5, 5.41) is 9.87. The zero-order valence-corrected chi connectivity index (χ0v) is 13.2. The molecule has 0 radical (unpaired) electrons. The predicted molar refractivity (Wildman–Crippen MR) is 81.0 cm³/mol. The molecule has 0 aliphatic heterocycles. The van der Waals surface area contributed by atoms with Gasteiger partial charge in [0.15, 0.2) is 0 Å². The van der Waals surface area contributed by atoms with Crippen LogP contribution in [0.3, 0.4) is 0 Å². The van der Waals surface area contributed by atoms with Gasteiger partial charge < -0.3 is 4.90 Å². The molecule has 0 bridgehead atoms. The van der Waals surface area contributed by atoms with Gasteiger partial charge in [0.1, 0.15) is 5.84 Å². The lowest BCUT2D eigenvalue weighted by Gasteiger charge is -2.28. The van der Waals surface area contributed by atoms with Crippen LogP contribution in [0.2, 0.25) is 15.1 Å². The summed E-state index contributed by atoms with van der Waals surface area (Å²) in [5.41, 5.74) is 0.845. The molecule has 0 aliphatic carbocycles. The number of halogens is 3. The molecule has 0 aliphatic rings. The Bertz CT molecular complexity index is 535. The van der Waals surface area contributed by atoms with Crippen LogP contribution in [0.25, 0.3) is 0 Å². The lowest BCUT2D eigenvalue weighted by molar-refractivity contribution is 0.396. The van der Waals surface area contributed by atoms with Crippen LogP contribution in [0.15, 0.2) is 17.1 Å². The van der Waals surface area contributed by atoms with Gasteiger partial charge in [-0.1, -0.05) is 47.8 Å². The third-order valence-electron chi connectivity index (χ3n) is 3.00. The molecule has 0 heterocycles. The summed E-state index contributed by atoms with van der Waals surface area (Å²) in [4.78, 5) is 5.70. The van der Waals surface area contributed by atoms with Crippen molar-refractivity contribution in [3.05, 3.63) is 32.8 Å².